The van der Waals surface area contributed by atoms with E-state index in [1.54, 1.807) is 17.0 Å². The smallest absolute Gasteiger partial charge is 0.335 e. The van der Waals surface area contributed by atoms with Crippen LogP contribution in [0.25, 0.3) is 0 Å². The Labute approximate surface area is 117 Å². The molecule has 1 saturated carbocycles. The van der Waals surface area contributed by atoms with Crippen molar-refractivity contribution >= 4 is 11.9 Å². The Hall–Kier alpha value is -1.88. The number of hydrogen-bond acceptors (Lipinski definition) is 3. The molecule has 0 aromatic heterocycles. The van der Waals surface area contributed by atoms with Crippen LogP contribution < -0.4 is 0 Å². The predicted molar refractivity (Wildman–Crippen MR) is 73.8 cm³/mol. The topological polar surface area (TPSA) is 77.8 Å². The molecule has 0 heterocycles. The van der Waals surface area contributed by atoms with Gasteiger partial charge in [-0.15, -0.1) is 0 Å². The summed E-state index contributed by atoms with van der Waals surface area (Å²) in [5.41, 5.74) is 0.673. The molecule has 1 aromatic rings. The van der Waals surface area contributed by atoms with E-state index in [1.807, 2.05) is 0 Å². The Bertz CT molecular complexity index is 479. The normalized spacial score (nSPS) is 14.7. The standard InChI is InChI=1S/C15H19NO4/c17-10-2-9-16(13-3-1-4-13)14(18)11-5-7-12(8-6-11)15(19)20/h5-8,13,17H,1-4,9-10H2,(H,19,20). The van der Waals surface area contributed by atoms with E-state index in [-0.39, 0.29) is 24.1 Å². The van der Waals surface area contributed by atoms with Crippen molar-refractivity contribution in [3.63, 3.8) is 0 Å². The third-order valence-corrected chi connectivity index (χ3v) is 3.71. The Kier molecular flexibility index (Phi) is 4.74. The summed E-state index contributed by atoms with van der Waals surface area (Å²) >= 11 is 0. The van der Waals surface area contributed by atoms with Crippen LogP contribution in [0.4, 0.5) is 0 Å². The number of hydrogen-bond donors (Lipinski definition) is 2. The van der Waals surface area contributed by atoms with Crippen molar-refractivity contribution in [2.75, 3.05) is 13.2 Å². The Morgan fingerprint density at radius 1 is 1.15 bits per heavy atom. The zero-order valence-corrected chi connectivity index (χ0v) is 11.3. The van der Waals surface area contributed by atoms with Crippen LogP contribution in [0.2, 0.25) is 0 Å². The number of benzene rings is 1. The lowest BCUT2D eigenvalue weighted by atomic mass is 9.90. The monoisotopic (exact) mass is 277 g/mol. The number of nitrogens with zero attached hydrogens (tertiary/aromatic N) is 1. The highest BCUT2D eigenvalue weighted by Crippen LogP contribution is 2.26. The molecule has 0 bridgehead atoms. The average Bonchev–Trinajstić information content (AvgIpc) is 2.40. The van der Waals surface area contributed by atoms with E-state index in [0.717, 1.165) is 19.3 Å². The molecule has 5 heteroatoms. The third kappa shape index (κ3) is 3.17. The van der Waals surface area contributed by atoms with Gasteiger partial charge >= 0.3 is 5.97 Å². The fourth-order valence-corrected chi connectivity index (χ4v) is 2.31. The first-order chi connectivity index (χ1) is 9.63. The lowest BCUT2D eigenvalue weighted by molar-refractivity contribution is 0.0561. The number of carboxylic acid groups (broad SMARTS) is 1. The maximum atomic E-state index is 12.5. The average molecular weight is 277 g/mol. The first kappa shape index (κ1) is 14.5. The molecule has 1 aromatic carbocycles. The van der Waals surface area contributed by atoms with Crippen molar-refractivity contribution in [3.05, 3.63) is 35.4 Å². The summed E-state index contributed by atoms with van der Waals surface area (Å²) in [5, 5.41) is 17.8. The molecule has 1 amide bonds. The first-order valence-electron chi connectivity index (χ1n) is 6.88. The van der Waals surface area contributed by atoms with Crippen molar-refractivity contribution in [3.8, 4) is 0 Å². The van der Waals surface area contributed by atoms with Gasteiger partial charge in [0.1, 0.15) is 0 Å². The number of aliphatic hydroxyl groups excluding tert-OH is 1. The Morgan fingerprint density at radius 2 is 1.75 bits per heavy atom. The Balaban J connectivity index is 2.11. The summed E-state index contributed by atoms with van der Waals surface area (Å²) in [6.45, 7) is 0.606. The summed E-state index contributed by atoms with van der Waals surface area (Å²) in [6, 6.07) is 6.25. The first-order valence-corrected chi connectivity index (χ1v) is 6.88. The molecular weight excluding hydrogens is 258 g/mol. The van der Waals surface area contributed by atoms with Gasteiger partial charge in [-0.2, -0.15) is 0 Å². The summed E-state index contributed by atoms with van der Waals surface area (Å²) < 4.78 is 0. The number of carbonyl (C=O) groups excluding carboxylic acids is 1. The molecule has 0 aliphatic heterocycles. The predicted octanol–water partition coefficient (Wildman–Crippen LogP) is 1.76. The van der Waals surface area contributed by atoms with Crippen molar-refractivity contribution in [1.82, 2.24) is 4.90 Å². The number of carbonyl (C=O) groups is 2. The fourth-order valence-electron chi connectivity index (χ4n) is 2.31. The molecule has 108 valence electrons. The highest BCUT2D eigenvalue weighted by Gasteiger charge is 2.28. The number of carboxylic acids is 1. The highest BCUT2D eigenvalue weighted by atomic mass is 16.4. The maximum Gasteiger partial charge on any atom is 0.335 e. The van der Waals surface area contributed by atoms with Crippen LogP contribution in [0.15, 0.2) is 24.3 Å². The molecule has 5 nitrogen and oxygen atoms in total. The lowest BCUT2D eigenvalue weighted by Gasteiger charge is -2.37. The van der Waals surface area contributed by atoms with Gasteiger partial charge in [-0.25, -0.2) is 4.79 Å². The number of aromatic carboxylic acids is 1. The van der Waals surface area contributed by atoms with Crippen LogP contribution >= 0.6 is 0 Å². The molecule has 0 unspecified atom stereocenters. The van der Waals surface area contributed by atoms with Gasteiger partial charge in [-0.1, -0.05) is 0 Å². The quantitative estimate of drug-likeness (QED) is 0.830. The zero-order chi connectivity index (χ0) is 14.5. The molecule has 0 radical (unpaired) electrons. The molecule has 0 saturated heterocycles. The molecule has 1 aliphatic carbocycles. The minimum atomic E-state index is -1.000. The summed E-state index contributed by atoms with van der Waals surface area (Å²) in [6.07, 6.45) is 3.70. The minimum absolute atomic E-state index is 0.0639. The SMILES string of the molecule is O=C(O)c1ccc(C(=O)N(CCCO)C2CCC2)cc1. The second-order valence-corrected chi connectivity index (χ2v) is 5.04. The van der Waals surface area contributed by atoms with Crippen LogP contribution in [0.5, 0.6) is 0 Å². The number of amides is 1. The molecule has 20 heavy (non-hydrogen) atoms. The van der Waals surface area contributed by atoms with Gasteiger partial charge in [0.05, 0.1) is 5.56 Å². The molecule has 2 rings (SSSR count). The van der Waals surface area contributed by atoms with E-state index in [2.05, 4.69) is 0 Å². The largest absolute Gasteiger partial charge is 0.478 e. The van der Waals surface area contributed by atoms with Crippen molar-refractivity contribution in [2.24, 2.45) is 0 Å². The zero-order valence-electron chi connectivity index (χ0n) is 11.3. The van der Waals surface area contributed by atoms with Crippen LogP contribution in [0.3, 0.4) is 0 Å². The molecular formula is C15H19NO4. The van der Waals surface area contributed by atoms with Crippen molar-refractivity contribution < 1.29 is 19.8 Å². The van der Waals surface area contributed by atoms with E-state index >= 15 is 0 Å². The second-order valence-electron chi connectivity index (χ2n) is 5.04. The van der Waals surface area contributed by atoms with Gasteiger partial charge in [-0.05, 0) is 49.9 Å². The maximum absolute atomic E-state index is 12.5. The number of rotatable bonds is 6. The van der Waals surface area contributed by atoms with E-state index in [1.165, 1.54) is 12.1 Å². The summed E-state index contributed by atoms with van der Waals surface area (Å²) in [4.78, 5) is 25.1. The second kappa shape index (κ2) is 6.52. The van der Waals surface area contributed by atoms with Gasteiger partial charge in [0.25, 0.3) is 5.91 Å². The summed E-state index contributed by atoms with van der Waals surface area (Å²) in [7, 11) is 0. The highest BCUT2D eigenvalue weighted by molar-refractivity contribution is 5.96. The van der Waals surface area contributed by atoms with E-state index in [0.29, 0.717) is 18.5 Å². The van der Waals surface area contributed by atoms with Gasteiger partial charge in [0.15, 0.2) is 0 Å². The van der Waals surface area contributed by atoms with Gasteiger partial charge in [0, 0.05) is 24.8 Å². The molecule has 2 N–H and O–H groups in total. The number of aliphatic hydroxyl groups is 1. The van der Waals surface area contributed by atoms with Crippen LogP contribution in [0, 0.1) is 0 Å². The minimum Gasteiger partial charge on any atom is -0.478 e. The molecule has 0 atom stereocenters. The molecule has 1 aliphatic rings. The van der Waals surface area contributed by atoms with Crippen molar-refractivity contribution in [1.29, 1.82) is 0 Å². The summed E-state index contributed by atoms with van der Waals surface area (Å²) in [5.74, 6) is -1.08. The lowest BCUT2D eigenvalue weighted by Crippen LogP contribution is -2.45. The van der Waals surface area contributed by atoms with E-state index in [4.69, 9.17) is 10.2 Å². The van der Waals surface area contributed by atoms with Crippen molar-refractivity contribution in [2.45, 2.75) is 31.7 Å². The van der Waals surface area contributed by atoms with E-state index < -0.39 is 5.97 Å². The molecule has 1 fully saturated rings. The van der Waals surface area contributed by atoms with Crippen LogP contribution in [-0.4, -0.2) is 46.2 Å². The van der Waals surface area contributed by atoms with Gasteiger partial charge in [-0.3, -0.25) is 4.79 Å². The fraction of sp³-hybridized carbons (Fsp3) is 0.467. The van der Waals surface area contributed by atoms with Gasteiger partial charge < -0.3 is 15.1 Å². The Morgan fingerprint density at radius 3 is 2.20 bits per heavy atom. The van der Waals surface area contributed by atoms with Crippen LogP contribution in [0.1, 0.15) is 46.4 Å². The van der Waals surface area contributed by atoms with E-state index in [9.17, 15) is 9.59 Å². The molecule has 0 spiro atoms. The third-order valence-electron chi connectivity index (χ3n) is 3.71. The van der Waals surface area contributed by atoms with Gasteiger partial charge in [0.2, 0.25) is 0 Å². The van der Waals surface area contributed by atoms with Crippen LogP contribution in [-0.2, 0) is 0 Å².